The number of carbonyl (C=O) groups is 2. The second-order valence-corrected chi connectivity index (χ2v) is 3.59. The van der Waals surface area contributed by atoms with E-state index in [4.69, 9.17) is 14.2 Å². The van der Waals surface area contributed by atoms with E-state index in [0.29, 0.717) is 26.1 Å². The number of rotatable bonds is 12. The summed E-state index contributed by atoms with van der Waals surface area (Å²) in [6.07, 6.45) is 6.71. The predicted octanol–water partition coefficient (Wildman–Crippen LogP) is 1.89. The fourth-order valence-corrected chi connectivity index (χ4v) is 0.901. The summed E-state index contributed by atoms with van der Waals surface area (Å²) >= 11 is 0. The van der Waals surface area contributed by atoms with Crippen LogP contribution < -0.4 is 0 Å². The van der Waals surface area contributed by atoms with Gasteiger partial charge in [0.2, 0.25) is 13.6 Å². The first-order valence-electron chi connectivity index (χ1n) is 6.62. The number of hydrogen-bond donors (Lipinski definition) is 0. The minimum atomic E-state index is -0.311. The lowest BCUT2D eigenvalue weighted by Gasteiger charge is -2.02. The maximum atomic E-state index is 10.8. The predicted molar refractivity (Wildman–Crippen MR) is 73.8 cm³/mol. The zero-order chi connectivity index (χ0) is 15.8. The molecule has 7 nitrogen and oxygen atoms in total. The van der Waals surface area contributed by atoms with Gasteiger partial charge in [0.15, 0.2) is 0 Å². The van der Waals surface area contributed by atoms with E-state index in [-0.39, 0.29) is 25.5 Å². The molecule has 120 valence electrons. The van der Waals surface area contributed by atoms with Gasteiger partial charge in [-0.25, -0.2) is 0 Å². The highest BCUT2D eigenvalue weighted by molar-refractivity contribution is 5.69. The van der Waals surface area contributed by atoms with E-state index >= 15 is 0 Å². The van der Waals surface area contributed by atoms with Crippen molar-refractivity contribution in [1.29, 1.82) is 0 Å². The largest absolute Gasteiger partial charge is 0.465 e. The minimum Gasteiger partial charge on any atom is -0.465 e. The Balaban J connectivity index is 3.31. The summed E-state index contributed by atoms with van der Waals surface area (Å²) in [5, 5.41) is 0. The topological polar surface area (TPSA) is 80.3 Å². The van der Waals surface area contributed by atoms with Crippen LogP contribution >= 0.6 is 0 Å². The molecule has 21 heavy (non-hydrogen) atoms. The fourth-order valence-electron chi connectivity index (χ4n) is 0.901. The fraction of sp³-hybridized carbons (Fsp3) is 0.571. The van der Waals surface area contributed by atoms with Gasteiger partial charge in [-0.3, -0.25) is 9.59 Å². The summed E-state index contributed by atoms with van der Waals surface area (Å²) in [5.41, 5.74) is 0. The van der Waals surface area contributed by atoms with Crippen molar-refractivity contribution < 1.29 is 33.3 Å². The Kier molecular flexibility index (Phi) is 13.0. The first-order chi connectivity index (χ1) is 10.2. The third-order valence-corrected chi connectivity index (χ3v) is 1.97. The quantitative estimate of drug-likeness (QED) is 0.236. The van der Waals surface area contributed by atoms with E-state index < -0.39 is 0 Å². The van der Waals surface area contributed by atoms with E-state index in [1.54, 1.807) is 26.0 Å². The molecule has 0 saturated carbocycles. The van der Waals surface area contributed by atoms with Crippen molar-refractivity contribution in [2.75, 3.05) is 26.8 Å². The van der Waals surface area contributed by atoms with E-state index in [2.05, 4.69) is 9.47 Å². The van der Waals surface area contributed by atoms with Gasteiger partial charge in [0, 0.05) is 12.8 Å². The summed E-state index contributed by atoms with van der Waals surface area (Å²) in [5.74, 6) is -0.621. The van der Waals surface area contributed by atoms with Crippen LogP contribution in [-0.4, -0.2) is 38.7 Å². The highest BCUT2D eigenvalue weighted by atomic mass is 16.7. The summed E-state index contributed by atoms with van der Waals surface area (Å²) in [7, 11) is 0. The van der Waals surface area contributed by atoms with Gasteiger partial charge < -0.3 is 23.7 Å². The molecule has 0 fully saturated rings. The van der Waals surface area contributed by atoms with Gasteiger partial charge in [0.1, 0.15) is 0 Å². The lowest BCUT2D eigenvalue weighted by Crippen LogP contribution is -2.04. The van der Waals surface area contributed by atoms with E-state index in [0.717, 1.165) is 0 Å². The van der Waals surface area contributed by atoms with E-state index in [9.17, 15) is 9.59 Å². The van der Waals surface area contributed by atoms with E-state index in [1.807, 2.05) is 0 Å². The molecule has 0 saturated heterocycles. The molecule has 0 heterocycles. The number of carbonyl (C=O) groups excluding carboxylic acids is 2. The smallest absolute Gasteiger partial charge is 0.308 e. The monoisotopic (exact) mass is 302 g/mol. The van der Waals surface area contributed by atoms with Crippen molar-refractivity contribution in [2.24, 2.45) is 0 Å². The lowest BCUT2D eigenvalue weighted by molar-refractivity contribution is -0.152. The van der Waals surface area contributed by atoms with Crippen LogP contribution in [0.5, 0.6) is 0 Å². The average Bonchev–Trinajstić information content (AvgIpc) is 2.51. The van der Waals surface area contributed by atoms with Crippen LogP contribution in [0.25, 0.3) is 0 Å². The Morgan fingerprint density at radius 2 is 1.24 bits per heavy atom. The molecule has 0 aliphatic carbocycles. The van der Waals surface area contributed by atoms with Crippen LogP contribution in [0.1, 0.15) is 26.7 Å². The number of ether oxygens (including phenoxy) is 5. The van der Waals surface area contributed by atoms with E-state index in [1.165, 1.54) is 12.5 Å². The maximum absolute atomic E-state index is 10.8. The molecule has 0 radical (unpaired) electrons. The van der Waals surface area contributed by atoms with Crippen LogP contribution in [0, 0.1) is 0 Å². The zero-order valence-electron chi connectivity index (χ0n) is 12.4. The first kappa shape index (κ1) is 19.0. The van der Waals surface area contributed by atoms with Crippen molar-refractivity contribution in [3.05, 3.63) is 24.7 Å². The average molecular weight is 302 g/mol. The third-order valence-electron chi connectivity index (χ3n) is 1.97. The second kappa shape index (κ2) is 14.4. The van der Waals surface area contributed by atoms with Gasteiger partial charge in [-0.15, -0.1) is 0 Å². The third kappa shape index (κ3) is 14.2. The Morgan fingerprint density at radius 1 is 0.810 bits per heavy atom. The Hall–Kier alpha value is -2.02. The van der Waals surface area contributed by atoms with Crippen LogP contribution in [0.15, 0.2) is 24.7 Å². The molecule has 7 heteroatoms. The van der Waals surface area contributed by atoms with Gasteiger partial charge in [-0.2, -0.15) is 0 Å². The standard InChI is InChI=1S/C14H22O7/c1-3-13(15)20-11-18-9-5-7-17-8-6-10-19-12-21-14(16)4-2/h5-6,9-10H,3-4,7-8,11-12H2,1-2H3. The molecule has 0 bridgehead atoms. The first-order valence-corrected chi connectivity index (χ1v) is 6.62. The van der Waals surface area contributed by atoms with Crippen molar-refractivity contribution >= 4 is 11.9 Å². The molecule has 0 unspecified atom stereocenters. The Labute approximate surface area is 124 Å². The van der Waals surface area contributed by atoms with Crippen molar-refractivity contribution in [1.82, 2.24) is 0 Å². The van der Waals surface area contributed by atoms with Crippen molar-refractivity contribution in [3.8, 4) is 0 Å². The second-order valence-electron chi connectivity index (χ2n) is 3.59. The molecular formula is C14H22O7. The summed E-state index contributed by atoms with van der Waals surface area (Å²) < 4.78 is 24.4. The molecule has 0 aliphatic heterocycles. The SMILES string of the molecule is CCC(=O)OCOC=CCOCC=COCOC(=O)CC. The molecule has 0 atom stereocenters. The number of esters is 2. The minimum absolute atomic E-state index is 0.104. The normalized spacial score (nSPS) is 10.8. The van der Waals surface area contributed by atoms with Gasteiger partial charge in [-0.1, -0.05) is 13.8 Å². The highest BCUT2D eigenvalue weighted by Crippen LogP contribution is 1.88. The van der Waals surface area contributed by atoms with Crippen LogP contribution in [0.2, 0.25) is 0 Å². The molecule has 0 aromatic heterocycles. The van der Waals surface area contributed by atoms with Crippen LogP contribution in [-0.2, 0) is 33.3 Å². The molecule has 0 aromatic rings. The summed E-state index contributed by atoms with van der Waals surface area (Å²) in [6.45, 7) is 3.89. The molecule has 0 N–H and O–H groups in total. The molecule has 0 amide bonds. The van der Waals surface area contributed by atoms with Crippen LogP contribution in [0.3, 0.4) is 0 Å². The van der Waals surface area contributed by atoms with Gasteiger partial charge in [-0.05, 0) is 12.2 Å². The molecule has 0 aliphatic rings. The van der Waals surface area contributed by atoms with Crippen LogP contribution in [0.4, 0.5) is 0 Å². The van der Waals surface area contributed by atoms with Crippen molar-refractivity contribution in [2.45, 2.75) is 26.7 Å². The number of hydrogen-bond acceptors (Lipinski definition) is 7. The van der Waals surface area contributed by atoms with Gasteiger partial charge >= 0.3 is 11.9 Å². The van der Waals surface area contributed by atoms with Gasteiger partial charge in [0.05, 0.1) is 25.7 Å². The summed E-state index contributed by atoms with van der Waals surface area (Å²) in [6, 6.07) is 0. The van der Waals surface area contributed by atoms with Gasteiger partial charge in [0.25, 0.3) is 0 Å². The highest BCUT2D eigenvalue weighted by Gasteiger charge is 1.95. The molecular weight excluding hydrogens is 280 g/mol. The molecule has 0 aromatic carbocycles. The van der Waals surface area contributed by atoms with Crippen molar-refractivity contribution in [3.63, 3.8) is 0 Å². The Morgan fingerprint density at radius 3 is 1.62 bits per heavy atom. The molecule has 0 spiro atoms. The Bertz CT molecular complexity index is 304. The summed E-state index contributed by atoms with van der Waals surface area (Å²) in [4.78, 5) is 21.5. The molecule has 0 rings (SSSR count). The zero-order valence-corrected chi connectivity index (χ0v) is 12.4. The lowest BCUT2D eigenvalue weighted by atomic mass is 10.5. The maximum Gasteiger partial charge on any atom is 0.308 e.